The predicted octanol–water partition coefficient (Wildman–Crippen LogP) is 4.76. The molecule has 0 radical (unpaired) electrons. The van der Waals surface area contributed by atoms with Gasteiger partial charge in [0.15, 0.2) is 5.82 Å². The quantitative estimate of drug-likeness (QED) is 0.285. The van der Waals surface area contributed by atoms with E-state index in [1.165, 1.54) is 6.07 Å². The summed E-state index contributed by atoms with van der Waals surface area (Å²) in [7, 11) is -4.25. The van der Waals surface area contributed by atoms with Crippen LogP contribution in [0.5, 0.6) is 11.5 Å². The predicted molar refractivity (Wildman–Crippen MR) is 133 cm³/mol. The van der Waals surface area contributed by atoms with Crippen LogP contribution in [0.3, 0.4) is 0 Å². The fourth-order valence-corrected chi connectivity index (χ4v) is 4.84. The number of fused-ring (bicyclic) bond motifs is 1. The molecule has 0 atom stereocenters. The van der Waals surface area contributed by atoms with Gasteiger partial charge in [0.05, 0.1) is 6.61 Å². The van der Waals surface area contributed by atoms with Gasteiger partial charge in [-0.05, 0) is 35.6 Å². The Labute approximate surface area is 225 Å². The van der Waals surface area contributed by atoms with E-state index >= 15 is 4.39 Å². The molecule has 3 aromatic rings. The standard InChI is InChI=1S/C26H28FN2O5S.Mo/c1-4-26(2,3)12-13-33-20-11-10-19-14-22(34-17-18-8-6-5-7-9-18)25(24(27)21(19)15-20)29-16-23(30)28-35(29,31)32;/h5-11,14-15H,1,4,12-13,16-17H2,2-3H3,(H,28,30);/q-1;. The van der Waals surface area contributed by atoms with E-state index in [-0.39, 0.29) is 49.9 Å². The number of rotatable bonds is 9. The number of nitrogens with zero attached hydrogens (tertiary/aromatic N) is 1. The van der Waals surface area contributed by atoms with E-state index in [4.69, 9.17) is 9.47 Å². The van der Waals surface area contributed by atoms with Crippen LogP contribution in [0.25, 0.3) is 10.8 Å². The summed E-state index contributed by atoms with van der Waals surface area (Å²) < 4.78 is 55.4. The zero-order chi connectivity index (χ0) is 25.2. The maximum absolute atomic E-state index is 15.9. The maximum Gasteiger partial charge on any atom is 0.326 e. The third kappa shape index (κ3) is 6.18. The molecule has 0 saturated carbocycles. The summed E-state index contributed by atoms with van der Waals surface area (Å²) in [5.41, 5.74) is 0.526. The van der Waals surface area contributed by atoms with Gasteiger partial charge in [0.25, 0.3) is 5.91 Å². The van der Waals surface area contributed by atoms with Crippen molar-refractivity contribution in [2.45, 2.75) is 33.3 Å². The molecule has 7 nitrogen and oxygen atoms in total. The van der Waals surface area contributed by atoms with Gasteiger partial charge in [0.1, 0.15) is 30.3 Å². The second-order valence-corrected chi connectivity index (χ2v) is 10.8. The molecule has 1 amide bonds. The first-order valence-corrected chi connectivity index (χ1v) is 12.7. The minimum atomic E-state index is -4.25. The van der Waals surface area contributed by atoms with E-state index in [9.17, 15) is 13.2 Å². The molecule has 1 fully saturated rings. The Balaban J connectivity index is 0.00000361. The minimum absolute atomic E-state index is 0. The summed E-state index contributed by atoms with van der Waals surface area (Å²) in [6.45, 7) is 8.12. The van der Waals surface area contributed by atoms with Crippen LogP contribution in [-0.2, 0) is 42.7 Å². The van der Waals surface area contributed by atoms with Crippen LogP contribution in [0, 0.1) is 18.2 Å². The Morgan fingerprint density at radius 3 is 2.47 bits per heavy atom. The molecule has 4 rings (SSSR count). The van der Waals surface area contributed by atoms with Gasteiger partial charge < -0.3 is 16.4 Å². The minimum Gasteiger partial charge on any atom is -0.494 e. The Morgan fingerprint density at radius 2 is 1.83 bits per heavy atom. The molecule has 1 saturated heterocycles. The SMILES string of the molecule is [CH2-]CC(C)(C)CCOc1ccc2cc(OCc3ccccc3)c(N3CC(=O)NS3(=O)=O)c(F)c2c1.[Mo]. The molecule has 192 valence electrons. The molecule has 1 heterocycles. The van der Waals surface area contributed by atoms with Crippen LogP contribution in [0.2, 0.25) is 0 Å². The number of amides is 1. The molecule has 1 aliphatic rings. The molecule has 0 spiro atoms. The molecule has 1 aliphatic heterocycles. The topological polar surface area (TPSA) is 84.9 Å². The van der Waals surface area contributed by atoms with Crippen molar-refractivity contribution in [3.05, 3.63) is 72.9 Å². The Kier molecular flexibility index (Phi) is 8.67. The van der Waals surface area contributed by atoms with Crippen molar-refractivity contribution < 1.29 is 48.1 Å². The summed E-state index contributed by atoms with van der Waals surface area (Å²) in [6, 6.07) is 15.8. The Hall–Kier alpha value is -2.64. The van der Waals surface area contributed by atoms with Crippen molar-refractivity contribution in [2.75, 3.05) is 17.5 Å². The zero-order valence-corrected chi connectivity index (χ0v) is 22.9. The Morgan fingerprint density at radius 1 is 1.11 bits per heavy atom. The fraction of sp³-hybridized carbons (Fsp3) is 0.308. The van der Waals surface area contributed by atoms with Gasteiger partial charge in [-0.25, -0.2) is 13.4 Å². The number of nitrogens with one attached hydrogen (secondary N) is 1. The zero-order valence-electron chi connectivity index (χ0n) is 20.1. The van der Waals surface area contributed by atoms with Crippen molar-refractivity contribution in [1.82, 2.24) is 4.72 Å². The molecular formula is C26H28FMoN2O5S-. The van der Waals surface area contributed by atoms with Crippen LogP contribution in [0.15, 0.2) is 54.6 Å². The average molecular weight is 596 g/mol. The fourth-order valence-electron chi connectivity index (χ4n) is 3.68. The van der Waals surface area contributed by atoms with E-state index in [0.717, 1.165) is 18.4 Å². The van der Waals surface area contributed by atoms with Crippen molar-refractivity contribution in [2.24, 2.45) is 5.41 Å². The number of carbonyl (C=O) groups excluding carboxylic acids is 1. The second kappa shape index (κ2) is 11.2. The number of hydrogen-bond donors (Lipinski definition) is 1. The summed E-state index contributed by atoms with van der Waals surface area (Å²) in [5.74, 6) is -1.08. The monoisotopic (exact) mass is 597 g/mol. The normalized spacial score (nSPS) is 14.9. The molecule has 36 heavy (non-hydrogen) atoms. The van der Waals surface area contributed by atoms with E-state index in [0.29, 0.717) is 22.0 Å². The molecule has 10 heteroatoms. The molecule has 0 unspecified atom stereocenters. The van der Waals surface area contributed by atoms with E-state index in [1.54, 1.807) is 18.2 Å². The van der Waals surface area contributed by atoms with Crippen LogP contribution >= 0.6 is 0 Å². The van der Waals surface area contributed by atoms with Crippen molar-refractivity contribution >= 4 is 32.6 Å². The van der Waals surface area contributed by atoms with Crippen molar-refractivity contribution in [3.8, 4) is 11.5 Å². The van der Waals surface area contributed by atoms with Gasteiger partial charge in [-0.1, -0.05) is 55.7 Å². The number of anilines is 1. The first-order valence-electron chi connectivity index (χ1n) is 11.3. The summed E-state index contributed by atoms with van der Waals surface area (Å²) in [5, 5.41) is 0.672. The molecule has 0 aromatic heterocycles. The molecular weight excluding hydrogens is 567 g/mol. The third-order valence-corrected chi connectivity index (χ3v) is 7.40. The van der Waals surface area contributed by atoms with Gasteiger partial charge in [0, 0.05) is 26.5 Å². The van der Waals surface area contributed by atoms with Gasteiger partial charge >= 0.3 is 10.2 Å². The van der Waals surface area contributed by atoms with Crippen molar-refractivity contribution in [1.29, 1.82) is 0 Å². The maximum atomic E-state index is 15.9. The molecule has 0 aliphatic carbocycles. The van der Waals surface area contributed by atoms with Crippen LogP contribution in [0.4, 0.5) is 10.1 Å². The van der Waals surface area contributed by atoms with Gasteiger partial charge in [-0.15, -0.1) is 0 Å². The van der Waals surface area contributed by atoms with Crippen LogP contribution in [-0.4, -0.2) is 27.5 Å². The smallest absolute Gasteiger partial charge is 0.326 e. The largest absolute Gasteiger partial charge is 0.494 e. The van der Waals surface area contributed by atoms with E-state index in [1.807, 2.05) is 35.1 Å². The van der Waals surface area contributed by atoms with E-state index in [2.05, 4.69) is 20.8 Å². The van der Waals surface area contributed by atoms with E-state index < -0.39 is 28.5 Å². The first kappa shape index (κ1) is 27.9. The second-order valence-electron chi connectivity index (χ2n) is 9.24. The number of benzene rings is 3. The Bertz CT molecular complexity index is 1350. The number of halogens is 1. The molecule has 0 bridgehead atoms. The number of hydrogen-bond acceptors (Lipinski definition) is 5. The first-order chi connectivity index (χ1) is 16.6. The number of ether oxygens (including phenoxy) is 2. The van der Waals surface area contributed by atoms with Gasteiger partial charge in [-0.3, -0.25) is 4.79 Å². The van der Waals surface area contributed by atoms with Crippen molar-refractivity contribution in [3.63, 3.8) is 0 Å². The number of carbonyl (C=O) groups is 1. The summed E-state index contributed by atoms with van der Waals surface area (Å²) in [6.07, 6.45) is 1.53. The van der Waals surface area contributed by atoms with Crippen LogP contribution < -0.4 is 18.5 Å². The van der Waals surface area contributed by atoms with Crippen LogP contribution in [0.1, 0.15) is 32.3 Å². The van der Waals surface area contributed by atoms with Gasteiger partial charge in [0.2, 0.25) is 0 Å². The third-order valence-electron chi connectivity index (χ3n) is 6.02. The summed E-state index contributed by atoms with van der Waals surface area (Å²) >= 11 is 0. The molecule has 1 N–H and O–H groups in total. The van der Waals surface area contributed by atoms with Gasteiger partial charge in [-0.2, -0.15) is 14.8 Å². The molecule has 3 aromatic carbocycles. The average Bonchev–Trinajstić information content (AvgIpc) is 3.10. The summed E-state index contributed by atoms with van der Waals surface area (Å²) in [4.78, 5) is 11.9.